The van der Waals surface area contributed by atoms with E-state index in [0.717, 1.165) is 29.8 Å². The molecule has 0 bridgehead atoms. The van der Waals surface area contributed by atoms with Gasteiger partial charge in [0.05, 0.1) is 4.92 Å². The second kappa shape index (κ2) is 18.4. The number of benzene rings is 3. The number of nitrogens with zero attached hydrogens (tertiary/aromatic N) is 4. The van der Waals surface area contributed by atoms with E-state index in [-0.39, 0.29) is 35.1 Å². The Labute approximate surface area is 297 Å². The number of hydrogen-bond donors (Lipinski definition) is 4. The average Bonchev–Trinajstić information content (AvgIpc) is 3.78. The first-order valence-corrected chi connectivity index (χ1v) is 17.1. The van der Waals surface area contributed by atoms with Crippen molar-refractivity contribution in [3.63, 3.8) is 0 Å². The van der Waals surface area contributed by atoms with Crippen molar-refractivity contribution in [3.05, 3.63) is 105 Å². The highest BCUT2D eigenvalue weighted by molar-refractivity contribution is 6.31. The smallest absolute Gasteiger partial charge is 0.269 e. The molecule has 6 rings (SSSR count). The molecular formula is C36H46ClN7O6. The number of phenols is 1. The van der Waals surface area contributed by atoms with E-state index in [4.69, 9.17) is 33.9 Å². The van der Waals surface area contributed by atoms with Crippen LogP contribution >= 0.6 is 11.6 Å². The van der Waals surface area contributed by atoms with Gasteiger partial charge in [-0.2, -0.15) is 0 Å². The van der Waals surface area contributed by atoms with Crippen LogP contribution < -0.4 is 17.2 Å². The third kappa shape index (κ3) is 11.0. The Bertz CT molecular complexity index is 1610. The van der Waals surface area contributed by atoms with Gasteiger partial charge in [0, 0.05) is 75.7 Å². The molecule has 3 heterocycles. The van der Waals surface area contributed by atoms with Gasteiger partial charge in [-0.3, -0.25) is 24.5 Å². The fourth-order valence-corrected chi connectivity index (χ4v) is 6.29. The standard InChI is InChI=1S/C12H15ClN2O.C12H15N3O3.C12H16N2O2/c13-11-4-2-1-3-10(11)8-15-7-9(6-14)5-12(15)16;13-6-10-5-12(16)14(8-10)7-9-1-3-11(4-2-9)15(17)18;13-6-10-5-12(16)14(8-10)7-9-1-3-11(15)4-2-9/h1-4,9H,5-8,14H2;1-4,10H,5-8,13H2;1-4,10,15H,5-8,13H2. The SMILES string of the molecule is NCC1CC(=O)N(Cc2ccc(O)cc2)C1.NCC1CC(=O)N(Cc2ccc([N+](=O)[O-])cc2)C1.NCC1CC(=O)N(Cc2ccccc2Cl)C1. The van der Waals surface area contributed by atoms with Gasteiger partial charge >= 0.3 is 0 Å². The molecule has 3 atom stereocenters. The van der Waals surface area contributed by atoms with Crippen LogP contribution in [0.1, 0.15) is 36.0 Å². The maximum atomic E-state index is 11.7. The quantitative estimate of drug-likeness (QED) is 0.180. The van der Waals surface area contributed by atoms with Crippen molar-refractivity contribution in [1.29, 1.82) is 0 Å². The first kappa shape index (κ1) is 38.2. The molecule has 0 aliphatic carbocycles. The zero-order chi connectivity index (χ0) is 36.2. The number of likely N-dealkylation sites (tertiary alicyclic amines) is 3. The molecule has 14 heteroatoms. The van der Waals surface area contributed by atoms with Gasteiger partial charge < -0.3 is 37.0 Å². The summed E-state index contributed by atoms with van der Waals surface area (Å²) in [7, 11) is 0. The van der Waals surface area contributed by atoms with Gasteiger partial charge in [-0.1, -0.05) is 54.1 Å². The number of carbonyl (C=O) groups is 3. The first-order valence-electron chi connectivity index (χ1n) is 16.7. The number of nitrogens with two attached hydrogens (primary N) is 3. The lowest BCUT2D eigenvalue weighted by Crippen LogP contribution is -2.25. The second-order valence-electron chi connectivity index (χ2n) is 12.9. The molecule has 3 amide bonds. The second-order valence-corrected chi connectivity index (χ2v) is 13.3. The van der Waals surface area contributed by atoms with Crippen LogP contribution in [-0.4, -0.2) is 81.7 Å². The molecule has 268 valence electrons. The Morgan fingerprint density at radius 2 is 1.06 bits per heavy atom. The predicted molar refractivity (Wildman–Crippen MR) is 190 cm³/mol. The van der Waals surface area contributed by atoms with Crippen molar-refractivity contribution in [2.45, 2.75) is 38.9 Å². The van der Waals surface area contributed by atoms with Gasteiger partial charge in [0.1, 0.15) is 5.75 Å². The van der Waals surface area contributed by atoms with Crippen molar-refractivity contribution >= 4 is 35.0 Å². The van der Waals surface area contributed by atoms with Crippen molar-refractivity contribution in [2.24, 2.45) is 35.0 Å². The van der Waals surface area contributed by atoms with Gasteiger partial charge in [0.15, 0.2) is 0 Å². The van der Waals surface area contributed by atoms with Crippen LogP contribution in [0.4, 0.5) is 5.69 Å². The lowest BCUT2D eigenvalue weighted by Gasteiger charge is -2.17. The number of carbonyl (C=O) groups excluding carboxylic acids is 3. The third-order valence-corrected chi connectivity index (χ3v) is 9.40. The molecule has 7 N–H and O–H groups in total. The van der Waals surface area contributed by atoms with E-state index in [1.165, 1.54) is 12.1 Å². The van der Waals surface area contributed by atoms with Crippen LogP contribution in [0.5, 0.6) is 5.75 Å². The Morgan fingerprint density at radius 3 is 1.44 bits per heavy atom. The molecule has 0 aromatic heterocycles. The third-order valence-electron chi connectivity index (χ3n) is 9.03. The molecule has 13 nitrogen and oxygen atoms in total. The van der Waals surface area contributed by atoms with E-state index in [9.17, 15) is 24.5 Å². The summed E-state index contributed by atoms with van der Waals surface area (Å²) >= 11 is 6.06. The molecule has 3 saturated heterocycles. The molecule has 0 spiro atoms. The number of rotatable bonds is 10. The van der Waals surface area contributed by atoms with E-state index in [1.807, 2.05) is 46.2 Å². The van der Waals surface area contributed by atoms with Crippen molar-refractivity contribution < 1.29 is 24.4 Å². The minimum atomic E-state index is -0.435. The number of non-ortho nitro benzene ring substituents is 1. The van der Waals surface area contributed by atoms with Crippen LogP contribution in [0.3, 0.4) is 0 Å². The molecule has 0 saturated carbocycles. The Hall–Kier alpha value is -4.56. The molecule has 3 aromatic rings. The number of amides is 3. The Balaban J connectivity index is 0.000000169. The summed E-state index contributed by atoms with van der Waals surface area (Å²) in [5.41, 5.74) is 19.7. The fourth-order valence-electron chi connectivity index (χ4n) is 6.09. The number of nitro benzene ring substituents is 1. The van der Waals surface area contributed by atoms with Crippen LogP contribution in [0, 0.1) is 27.9 Å². The fraction of sp³-hybridized carbons (Fsp3) is 0.417. The van der Waals surface area contributed by atoms with E-state index in [2.05, 4.69) is 0 Å². The summed E-state index contributed by atoms with van der Waals surface area (Å²) in [4.78, 5) is 50.5. The number of halogens is 1. The molecule has 3 aliphatic heterocycles. The number of hydrogen-bond acceptors (Lipinski definition) is 9. The summed E-state index contributed by atoms with van der Waals surface area (Å²) in [5, 5.41) is 20.4. The molecule has 0 radical (unpaired) electrons. The maximum absolute atomic E-state index is 11.7. The molecule has 3 aliphatic rings. The van der Waals surface area contributed by atoms with Crippen molar-refractivity contribution in [3.8, 4) is 5.75 Å². The van der Waals surface area contributed by atoms with Crippen molar-refractivity contribution in [2.75, 3.05) is 39.3 Å². The predicted octanol–water partition coefficient (Wildman–Crippen LogP) is 3.25. The van der Waals surface area contributed by atoms with Gasteiger partial charge in [-0.25, -0.2) is 0 Å². The average molecular weight is 708 g/mol. The summed E-state index contributed by atoms with van der Waals surface area (Å²) < 4.78 is 0. The van der Waals surface area contributed by atoms with E-state index >= 15 is 0 Å². The lowest BCUT2D eigenvalue weighted by atomic mass is 10.1. The van der Waals surface area contributed by atoms with Crippen molar-refractivity contribution in [1.82, 2.24) is 14.7 Å². The highest BCUT2D eigenvalue weighted by atomic mass is 35.5. The summed E-state index contributed by atoms with van der Waals surface area (Å²) in [6.07, 6.45) is 1.64. The summed E-state index contributed by atoms with van der Waals surface area (Å²) in [6, 6.07) is 20.8. The Kier molecular flexibility index (Phi) is 14.1. The van der Waals surface area contributed by atoms with E-state index in [0.29, 0.717) is 81.9 Å². The van der Waals surface area contributed by atoms with Crippen LogP contribution in [0.2, 0.25) is 5.02 Å². The van der Waals surface area contributed by atoms with E-state index < -0.39 is 4.92 Å². The maximum Gasteiger partial charge on any atom is 0.269 e. The summed E-state index contributed by atoms with van der Waals surface area (Å²) in [6.45, 7) is 5.52. The Morgan fingerprint density at radius 1 is 0.660 bits per heavy atom. The first-order chi connectivity index (χ1) is 24.0. The molecule has 50 heavy (non-hydrogen) atoms. The van der Waals surface area contributed by atoms with Gasteiger partial charge in [-0.05, 0) is 72.3 Å². The lowest BCUT2D eigenvalue weighted by molar-refractivity contribution is -0.384. The van der Waals surface area contributed by atoms with Gasteiger partial charge in [0.25, 0.3) is 5.69 Å². The molecule has 3 aromatic carbocycles. The van der Waals surface area contributed by atoms with Gasteiger partial charge in [0.2, 0.25) is 17.7 Å². The largest absolute Gasteiger partial charge is 0.508 e. The molecule has 3 fully saturated rings. The molecular weight excluding hydrogens is 662 g/mol. The highest BCUT2D eigenvalue weighted by Crippen LogP contribution is 2.24. The molecule has 3 unspecified atom stereocenters. The van der Waals surface area contributed by atoms with Crippen LogP contribution in [0.25, 0.3) is 0 Å². The number of nitro groups is 1. The van der Waals surface area contributed by atoms with Crippen LogP contribution in [-0.2, 0) is 34.0 Å². The van der Waals surface area contributed by atoms with Gasteiger partial charge in [-0.15, -0.1) is 0 Å². The van der Waals surface area contributed by atoms with E-state index in [1.54, 1.807) is 29.2 Å². The van der Waals surface area contributed by atoms with Crippen LogP contribution in [0.15, 0.2) is 72.8 Å². The minimum absolute atomic E-state index is 0.0614. The minimum Gasteiger partial charge on any atom is -0.508 e. The normalized spacial score (nSPS) is 20.0. The zero-order valence-electron chi connectivity index (χ0n) is 28.0. The number of phenolic OH excluding ortho intramolecular Hbond substituents is 1. The topological polar surface area (TPSA) is 202 Å². The monoisotopic (exact) mass is 707 g/mol. The summed E-state index contributed by atoms with van der Waals surface area (Å²) in [5.74, 6) is 1.52. The highest BCUT2D eigenvalue weighted by Gasteiger charge is 2.30. The zero-order valence-corrected chi connectivity index (χ0v) is 28.8. The number of aromatic hydroxyl groups is 1.